The van der Waals surface area contributed by atoms with E-state index in [1.807, 2.05) is 55.5 Å². The third-order valence-corrected chi connectivity index (χ3v) is 5.47. The number of ether oxygens (including phenoxy) is 1. The monoisotopic (exact) mass is 386 g/mol. The Morgan fingerprint density at radius 1 is 1.15 bits per heavy atom. The largest absolute Gasteiger partial charge is 0.497 e. The van der Waals surface area contributed by atoms with Gasteiger partial charge < -0.3 is 15.4 Å². The number of hydrogen-bond acceptors (Lipinski definition) is 7. The molecule has 1 amide bonds. The van der Waals surface area contributed by atoms with Crippen LogP contribution in [-0.2, 0) is 4.79 Å². The topological polar surface area (TPSA) is 76.1 Å². The molecule has 1 heterocycles. The van der Waals surface area contributed by atoms with E-state index in [4.69, 9.17) is 4.74 Å². The van der Waals surface area contributed by atoms with E-state index in [1.165, 1.54) is 23.1 Å². The average molecular weight is 387 g/mol. The zero-order chi connectivity index (χ0) is 18.4. The quantitative estimate of drug-likeness (QED) is 0.589. The summed E-state index contributed by atoms with van der Waals surface area (Å²) in [6.45, 7) is 1.96. The highest BCUT2D eigenvalue weighted by molar-refractivity contribution is 8.01. The first-order valence-corrected chi connectivity index (χ1v) is 9.67. The molecule has 0 fully saturated rings. The second-order valence-corrected chi connectivity index (χ2v) is 7.58. The molecule has 6 nitrogen and oxygen atoms in total. The highest BCUT2D eigenvalue weighted by Crippen LogP contribution is 2.28. The number of benzene rings is 2. The van der Waals surface area contributed by atoms with Crippen molar-refractivity contribution < 1.29 is 9.53 Å². The van der Waals surface area contributed by atoms with Gasteiger partial charge in [-0.3, -0.25) is 4.79 Å². The van der Waals surface area contributed by atoms with Crippen molar-refractivity contribution in [2.45, 2.75) is 11.3 Å². The number of nitrogens with zero attached hydrogens (tertiary/aromatic N) is 2. The Morgan fingerprint density at radius 2 is 1.92 bits per heavy atom. The standard InChI is InChI=1S/C18H18N4O2S2/c1-12-5-3-4-6-15(12)20-16(23)11-25-18-22-21-17(26-18)19-13-7-9-14(24-2)10-8-13/h3-10H,11H2,1-2H3,(H,19,21)(H,20,23). The minimum Gasteiger partial charge on any atom is -0.497 e. The molecule has 0 radical (unpaired) electrons. The summed E-state index contributed by atoms with van der Waals surface area (Å²) in [6, 6.07) is 15.2. The van der Waals surface area contributed by atoms with Crippen LogP contribution in [0.4, 0.5) is 16.5 Å². The molecule has 3 rings (SSSR count). The lowest BCUT2D eigenvalue weighted by Gasteiger charge is -2.06. The number of rotatable bonds is 7. The fraction of sp³-hybridized carbons (Fsp3) is 0.167. The van der Waals surface area contributed by atoms with Crippen molar-refractivity contribution in [2.75, 3.05) is 23.5 Å². The van der Waals surface area contributed by atoms with Crippen molar-refractivity contribution in [3.8, 4) is 5.75 Å². The summed E-state index contributed by atoms with van der Waals surface area (Å²) in [5, 5.41) is 15.0. The number of nitrogens with one attached hydrogen (secondary N) is 2. The van der Waals surface area contributed by atoms with Crippen molar-refractivity contribution in [3.63, 3.8) is 0 Å². The molecule has 0 saturated carbocycles. The van der Waals surface area contributed by atoms with Crippen LogP contribution in [0.2, 0.25) is 0 Å². The maximum Gasteiger partial charge on any atom is 0.234 e. The Bertz CT molecular complexity index is 881. The summed E-state index contributed by atoms with van der Waals surface area (Å²) < 4.78 is 5.87. The summed E-state index contributed by atoms with van der Waals surface area (Å²) in [4.78, 5) is 12.1. The molecule has 0 bridgehead atoms. The summed E-state index contributed by atoms with van der Waals surface area (Å²) >= 11 is 2.77. The number of hydrogen-bond donors (Lipinski definition) is 2. The van der Waals surface area contributed by atoms with Gasteiger partial charge in [0.2, 0.25) is 11.0 Å². The van der Waals surface area contributed by atoms with Crippen LogP contribution in [0.1, 0.15) is 5.56 Å². The average Bonchev–Trinajstić information content (AvgIpc) is 3.10. The molecule has 0 saturated heterocycles. The number of methoxy groups -OCH3 is 1. The van der Waals surface area contributed by atoms with E-state index in [2.05, 4.69) is 20.8 Å². The normalized spacial score (nSPS) is 10.4. The van der Waals surface area contributed by atoms with Crippen LogP contribution in [0.3, 0.4) is 0 Å². The second kappa shape index (κ2) is 8.68. The van der Waals surface area contributed by atoms with E-state index >= 15 is 0 Å². The Labute approximate surface area is 160 Å². The lowest BCUT2D eigenvalue weighted by molar-refractivity contribution is -0.113. The number of aryl methyl sites for hydroxylation is 1. The maximum atomic E-state index is 12.1. The van der Waals surface area contributed by atoms with Crippen LogP contribution < -0.4 is 15.4 Å². The SMILES string of the molecule is COc1ccc(Nc2nnc(SCC(=O)Nc3ccccc3C)s2)cc1. The number of para-hydroxylation sites is 1. The van der Waals surface area contributed by atoms with Gasteiger partial charge in [0.05, 0.1) is 12.9 Å². The van der Waals surface area contributed by atoms with Crippen LogP contribution in [0.15, 0.2) is 52.9 Å². The molecule has 2 N–H and O–H groups in total. The number of carbonyl (C=O) groups is 1. The van der Waals surface area contributed by atoms with Crippen LogP contribution in [0.5, 0.6) is 5.75 Å². The number of anilines is 3. The molecular weight excluding hydrogens is 368 g/mol. The molecule has 0 aliphatic carbocycles. The predicted molar refractivity (Wildman–Crippen MR) is 107 cm³/mol. The molecule has 3 aromatic rings. The molecule has 0 aliphatic rings. The fourth-order valence-electron chi connectivity index (χ4n) is 2.14. The first-order valence-electron chi connectivity index (χ1n) is 7.87. The highest BCUT2D eigenvalue weighted by Gasteiger charge is 2.09. The van der Waals surface area contributed by atoms with Gasteiger partial charge in [0, 0.05) is 11.4 Å². The molecular formula is C18H18N4O2S2. The van der Waals surface area contributed by atoms with Crippen LogP contribution in [0, 0.1) is 6.92 Å². The van der Waals surface area contributed by atoms with Crippen LogP contribution in [-0.4, -0.2) is 29.0 Å². The maximum absolute atomic E-state index is 12.1. The first kappa shape index (κ1) is 18.2. The number of amides is 1. The summed E-state index contributed by atoms with van der Waals surface area (Å²) in [5.74, 6) is 1.01. The van der Waals surface area contributed by atoms with Crippen LogP contribution in [0.25, 0.3) is 0 Å². The smallest absolute Gasteiger partial charge is 0.234 e. The van der Waals surface area contributed by atoms with Crippen molar-refractivity contribution >= 4 is 45.5 Å². The van der Waals surface area contributed by atoms with Gasteiger partial charge in [0.15, 0.2) is 4.34 Å². The third kappa shape index (κ3) is 4.96. The van der Waals surface area contributed by atoms with Crippen molar-refractivity contribution in [2.24, 2.45) is 0 Å². The van der Waals surface area contributed by atoms with E-state index in [0.717, 1.165) is 27.0 Å². The fourth-order valence-corrected chi connectivity index (χ4v) is 3.72. The third-order valence-electron chi connectivity index (χ3n) is 3.49. The molecule has 0 unspecified atom stereocenters. The lowest BCUT2D eigenvalue weighted by Crippen LogP contribution is -2.14. The van der Waals surface area contributed by atoms with E-state index in [9.17, 15) is 4.79 Å². The van der Waals surface area contributed by atoms with Gasteiger partial charge in [-0.2, -0.15) is 0 Å². The molecule has 0 aliphatic heterocycles. The van der Waals surface area contributed by atoms with Gasteiger partial charge >= 0.3 is 0 Å². The van der Waals surface area contributed by atoms with E-state index in [0.29, 0.717) is 5.13 Å². The summed E-state index contributed by atoms with van der Waals surface area (Å²) in [7, 11) is 1.63. The Balaban J connectivity index is 1.51. The lowest BCUT2D eigenvalue weighted by atomic mass is 10.2. The van der Waals surface area contributed by atoms with Gasteiger partial charge in [0.25, 0.3) is 0 Å². The van der Waals surface area contributed by atoms with Crippen molar-refractivity contribution in [1.82, 2.24) is 10.2 Å². The Hall–Kier alpha value is -2.58. The first-order chi connectivity index (χ1) is 12.6. The van der Waals surface area contributed by atoms with Gasteiger partial charge in [0.1, 0.15) is 5.75 Å². The van der Waals surface area contributed by atoms with Gasteiger partial charge in [-0.15, -0.1) is 10.2 Å². The van der Waals surface area contributed by atoms with Crippen molar-refractivity contribution in [3.05, 3.63) is 54.1 Å². The zero-order valence-corrected chi connectivity index (χ0v) is 16.0. The highest BCUT2D eigenvalue weighted by atomic mass is 32.2. The van der Waals surface area contributed by atoms with Crippen LogP contribution >= 0.6 is 23.1 Å². The number of carbonyl (C=O) groups excluding carboxylic acids is 1. The molecule has 8 heteroatoms. The summed E-state index contributed by atoms with van der Waals surface area (Å²) in [5.41, 5.74) is 2.76. The van der Waals surface area contributed by atoms with E-state index < -0.39 is 0 Å². The number of thioether (sulfide) groups is 1. The minimum atomic E-state index is -0.0656. The van der Waals surface area contributed by atoms with Gasteiger partial charge in [-0.25, -0.2) is 0 Å². The van der Waals surface area contributed by atoms with E-state index in [1.54, 1.807) is 7.11 Å². The Kier molecular flexibility index (Phi) is 6.08. The van der Waals surface area contributed by atoms with Crippen molar-refractivity contribution in [1.29, 1.82) is 0 Å². The number of aromatic nitrogens is 2. The minimum absolute atomic E-state index is 0.0656. The molecule has 134 valence electrons. The summed E-state index contributed by atoms with van der Waals surface area (Å²) in [6.07, 6.45) is 0. The molecule has 1 aromatic heterocycles. The van der Waals surface area contributed by atoms with Gasteiger partial charge in [-0.1, -0.05) is 41.3 Å². The second-order valence-electron chi connectivity index (χ2n) is 5.38. The molecule has 2 aromatic carbocycles. The van der Waals surface area contributed by atoms with E-state index in [-0.39, 0.29) is 11.7 Å². The molecule has 0 atom stereocenters. The molecule has 0 spiro atoms. The molecule has 26 heavy (non-hydrogen) atoms. The zero-order valence-electron chi connectivity index (χ0n) is 14.4. The Morgan fingerprint density at radius 3 is 2.65 bits per heavy atom. The predicted octanol–water partition coefficient (Wildman–Crippen LogP) is 4.33. The van der Waals surface area contributed by atoms with Gasteiger partial charge in [-0.05, 0) is 42.8 Å².